The Morgan fingerprint density at radius 2 is 1.70 bits per heavy atom. The Bertz CT molecular complexity index is 786. The zero-order valence-electron chi connectivity index (χ0n) is 13.0. The maximum absolute atomic E-state index is 14.4. The molecule has 6 rings (SSSR count). The lowest BCUT2D eigenvalue weighted by Crippen LogP contribution is -2.49. The van der Waals surface area contributed by atoms with Crippen LogP contribution in [0.3, 0.4) is 0 Å². The van der Waals surface area contributed by atoms with Crippen LogP contribution in [0, 0.1) is 28.3 Å². The molecular weight excluding hydrogens is 309 g/mol. The van der Waals surface area contributed by atoms with E-state index in [1.54, 1.807) is 12.1 Å². The second kappa shape index (κ2) is 4.76. The van der Waals surface area contributed by atoms with Gasteiger partial charge in [-0.3, -0.25) is 9.67 Å². The number of aromatic amines is 1. The monoisotopic (exact) mass is 329 g/mol. The first-order valence-electron chi connectivity index (χ1n) is 8.57. The first-order chi connectivity index (χ1) is 11.1. The number of hydrogen-bond acceptors (Lipinski definition) is 2. The molecule has 1 aromatic heterocycles. The van der Waals surface area contributed by atoms with Crippen molar-refractivity contribution in [2.24, 2.45) is 17.8 Å². The van der Waals surface area contributed by atoms with E-state index >= 15 is 0 Å². The Balaban J connectivity index is 1.68. The van der Waals surface area contributed by atoms with Crippen molar-refractivity contribution in [3.8, 4) is 5.69 Å². The minimum atomic E-state index is -0.240. The number of aromatic nitrogens is 3. The Labute approximate surface area is 139 Å². The fourth-order valence-corrected chi connectivity index (χ4v) is 6.12. The highest BCUT2D eigenvalue weighted by Crippen LogP contribution is 2.60. The first-order valence-corrected chi connectivity index (χ1v) is 8.98. The number of benzene rings is 1. The molecule has 0 saturated heterocycles. The quantitative estimate of drug-likeness (QED) is 0.821. The predicted molar refractivity (Wildman–Crippen MR) is 88.6 cm³/mol. The van der Waals surface area contributed by atoms with Crippen molar-refractivity contribution >= 4 is 12.2 Å². The molecule has 3 nitrogen and oxygen atoms in total. The van der Waals surface area contributed by atoms with Crippen LogP contribution < -0.4 is 0 Å². The van der Waals surface area contributed by atoms with Gasteiger partial charge in [0.05, 0.1) is 5.69 Å². The summed E-state index contributed by atoms with van der Waals surface area (Å²) in [4.78, 5) is 0. The van der Waals surface area contributed by atoms with Crippen molar-refractivity contribution in [3.63, 3.8) is 0 Å². The third kappa shape index (κ3) is 1.98. The van der Waals surface area contributed by atoms with Gasteiger partial charge in [-0.25, -0.2) is 4.39 Å². The standard InChI is InChI=1S/C18H20FN3S/c19-14-3-1-2-4-15(14)22-16(20-21-17(22)23)18-8-11-5-12(9-18)7-13(6-11)10-18/h1-4,11-13H,5-10H2,(H,21,23). The number of halogens is 1. The van der Waals surface area contributed by atoms with Crippen molar-refractivity contribution in [1.82, 2.24) is 14.8 Å². The van der Waals surface area contributed by atoms with Crippen LogP contribution >= 0.6 is 12.2 Å². The van der Waals surface area contributed by atoms with Gasteiger partial charge in [0.2, 0.25) is 0 Å². The molecule has 4 aliphatic rings. The van der Waals surface area contributed by atoms with Crippen LogP contribution in [0.5, 0.6) is 0 Å². The average Bonchev–Trinajstić information content (AvgIpc) is 2.89. The molecule has 0 radical (unpaired) electrons. The molecule has 0 aliphatic heterocycles. The van der Waals surface area contributed by atoms with Gasteiger partial charge >= 0.3 is 0 Å². The number of para-hydroxylation sites is 1. The molecule has 0 unspecified atom stereocenters. The lowest BCUT2D eigenvalue weighted by Gasteiger charge is -2.56. The summed E-state index contributed by atoms with van der Waals surface area (Å²) in [7, 11) is 0. The van der Waals surface area contributed by atoms with Gasteiger partial charge in [0, 0.05) is 5.41 Å². The molecule has 5 heteroatoms. The van der Waals surface area contributed by atoms with Crippen molar-refractivity contribution in [2.75, 3.05) is 0 Å². The van der Waals surface area contributed by atoms with Crippen molar-refractivity contribution in [3.05, 3.63) is 40.7 Å². The first kappa shape index (κ1) is 13.9. The number of rotatable bonds is 2. The molecular formula is C18H20FN3S. The van der Waals surface area contributed by atoms with E-state index in [9.17, 15) is 4.39 Å². The van der Waals surface area contributed by atoms with E-state index in [0.29, 0.717) is 10.5 Å². The number of hydrogen-bond donors (Lipinski definition) is 1. The van der Waals surface area contributed by atoms with Crippen LogP contribution in [0.25, 0.3) is 5.69 Å². The van der Waals surface area contributed by atoms with Crippen LogP contribution in [0.2, 0.25) is 0 Å². The Hall–Kier alpha value is -1.49. The number of H-pyrrole nitrogens is 1. The summed E-state index contributed by atoms with van der Waals surface area (Å²) in [5, 5.41) is 7.54. The molecule has 120 valence electrons. The van der Waals surface area contributed by atoms with Crippen molar-refractivity contribution in [2.45, 2.75) is 43.9 Å². The minimum Gasteiger partial charge on any atom is -0.269 e. The Morgan fingerprint density at radius 3 is 2.30 bits per heavy atom. The van der Waals surface area contributed by atoms with Crippen LogP contribution in [0.15, 0.2) is 24.3 Å². The molecule has 1 heterocycles. The number of nitrogens with one attached hydrogen (secondary N) is 1. The van der Waals surface area contributed by atoms with Crippen LogP contribution in [0.1, 0.15) is 44.3 Å². The molecule has 1 N–H and O–H groups in total. The van der Waals surface area contributed by atoms with E-state index in [-0.39, 0.29) is 11.2 Å². The van der Waals surface area contributed by atoms with Gasteiger partial charge in [-0.05, 0) is 80.6 Å². The second-order valence-corrected chi connectivity index (χ2v) is 8.22. The van der Waals surface area contributed by atoms with Gasteiger partial charge in [-0.2, -0.15) is 5.10 Å². The van der Waals surface area contributed by atoms with Crippen molar-refractivity contribution in [1.29, 1.82) is 0 Å². The molecule has 4 bridgehead atoms. The summed E-state index contributed by atoms with van der Waals surface area (Å²) in [5.74, 6) is 3.18. The summed E-state index contributed by atoms with van der Waals surface area (Å²) in [6, 6.07) is 6.86. The Morgan fingerprint density at radius 1 is 1.09 bits per heavy atom. The fourth-order valence-electron chi connectivity index (χ4n) is 5.89. The SMILES string of the molecule is Fc1ccccc1-n1c(C23CC4CC(CC(C4)C2)C3)n[nH]c1=S. The van der Waals surface area contributed by atoms with Gasteiger partial charge in [0.25, 0.3) is 0 Å². The molecule has 4 aliphatic carbocycles. The minimum absolute atomic E-state index is 0.0879. The Kier molecular flexibility index (Phi) is 2.88. The number of nitrogens with zero attached hydrogens (tertiary/aromatic N) is 2. The average molecular weight is 329 g/mol. The summed E-state index contributed by atoms with van der Waals surface area (Å²) in [6.07, 6.45) is 7.70. The molecule has 23 heavy (non-hydrogen) atoms. The molecule has 0 spiro atoms. The predicted octanol–water partition coefficient (Wildman–Crippen LogP) is 4.54. The van der Waals surface area contributed by atoms with Gasteiger partial charge in [-0.1, -0.05) is 12.1 Å². The van der Waals surface area contributed by atoms with Gasteiger partial charge in [0.1, 0.15) is 11.6 Å². The zero-order valence-corrected chi connectivity index (χ0v) is 13.8. The topological polar surface area (TPSA) is 33.6 Å². The molecule has 2 aromatic rings. The maximum atomic E-state index is 14.4. The maximum Gasteiger partial charge on any atom is 0.199 e. The summed E-state index contributed by atoms with van der Waals surface area (Å²) >= 11 is 5.45. The highest BCUT2D eigenvalue weighted by molar-refractivity contribution is 7.71. The normalized spacial score (nSPS) is 34.9. The van der Waals surface area contributed by atoms with Crippen LogP contribution in [0.4, 0.5) is 4.39 Å². The van der Waals surface area contributed by atoms with E-state index in [0.717, 1.165) is 23.6 Å². The van der Waals surface area contributed by atoms with E-state index in [4.69, 9.17) is 12.2 Å². The fraction of sp³-hybridized carbons (Fsp3) is 0.556. The zero-order chi connectivity index (χ0) is 15.6. The second-order valence-electron chi connectivity index (χ2n) is 7.84. The van der Waals surface area contributed by atoms with Crippen LogP contribution in [-0.4, -0.2) is 14.8 Å². The van der Waals surface area contributed by atoms with Gasteiger partial charge in [0.15, 0.2) is 4.77 Å². The highest BCUT2D eigenvalue weighted by Gasteiger charge is 2.53. The van der Waals surface area contributed by atoms with E-state index in [1.165, 1.54) is 44.6 Å². The molecule has 0 amide bonds. The molecule has 0 atom stereocenters. The summed E-state index contributed by atoms with van der Waals surface area (Å²) < 4.78 is 16.7. The highest BCUT2D eigenvalue weighted by atomic mass is 32.1. The summed E-state index contributed by atoms with van der Waals surface area (Å²) in [6.45, 7) is 0. The lowest BCUT2D eigenvalue weighted by molar-refractivity contribution is -0.0102. The third-order valence-corrected chi connectivity index (χ3v) is 6.55. The smallest absolute Gasteiger partial charge is 0.199 e. The molecule has 1 aromatic carbocycles. The van der Waals surface area contributed by atoms with Gasteiger partial charge < -0.3 is 0 Å². The molecule has 4 saturated carbocycles. The van der Waals surface area contributed by atoms with E-state index in [2.05, 4.69) is 10.2 Å². The van der Waals surface area contributed by atoms with Crippen LogP contribution in [-0.2, 0) is 5.41 Å². The van der Waals surface area contributed by atoms with Crippen molar-refractivity contribution < 1.29 is 4.39 Å². The van der Waals surface area contributed by atoms with Gasteiger partial charge in [-0.15, -0.1) is 0 Å². The largest absolute Gasteiger partial charge is 0.269 e. The third-order valence-electron chi connectivity index (χ3n) is 6.28. The lowest BCUT2D eigenvalue weighted by atomic mass is 9.49. The van der Waals surface area contributed by atoms with E-state index in [1.807, 2.05) is 10.6 Å². The van der Waals surface area contributed by atoms with E-state index < -0.39 is 0 Å². The molecule has 4 fully saturated rings. The summed E-state index contributed by atoms with van der Waals surface area (Å²) in [5.41, 5.74) is 0.613.